The van der Waals surface area contributed by atoms with E-state index in [0.29, 0.717) is 11.5 Å². The second-order valence-corrected chi connectivity index (χ2v) is 5.47. The van der Waals surface area contributed by atoms with Gasteiger partial charge in [-0.1, -0.05) is 18.2 Å². The molecule has 1 aliphatic rings. The van der Waals surface area contributed by atoms with Gasteiger partial charge >= 0.3 is 0 Å². The number of hydrogen-bond acceptors (Lipinski definition) is 3. The van der Waals surface area contributed by atoms with Crippen molar-refractivity contribution in [2.75, 3.05) is 26.7 Å². The molecule has 1 aliphatic heterocycles. The summed E-state index contributed by atoms with van der Waals surface area (Å²) < 4.78 is 1.74. The second kappa shape index (κ2) is 7.42. The van der Waals surface area contributed by atoms with Crippen LogP contribution in [0.4, 0.5) is 0 Å². The molecule has 118 valence electrons. The Bertz CT molecular complexity index is 614. The van der Waals surface area contributed by atoms with E-state index in [1.165, 1.54) is 0 Å². The Kier molecular flexibility index (Phi) is 5.57. The first-order valence-corrected chi connectivity index (χ1v) is 7.32. The van der Waals surface area contributed by atoms with Crippen LogP contribution in [0.5, 0.6) is 0 Å². The number of carbonyl (C=O) groups excluding carboxylic acids is 1. The van der Waals surface area contributed by atoms with Crippen molar-refractivity contribution in [2.24, 2.45) is 5.92 Å². The third kappa shape index (κ3) is 3.48. The van der Waals surface area contributed by atoms with Gasteiger partial charge in [-0.15, -0.1) is 12.4 Å². The molecule has 6 heteroatoms. The summed E-state index contributed by atoms with van der Waals surface area (Å²) in [5.41, 5.74) is 1.62. The number of hydrogen-bond donors (Lipinski definition) is 1. The predicted molar refractivity (Wildman–Crippen MR) is 88.7 cm³/mol. The Labute approximate surface area is 136 Å². The Morgan fingerprint density at radius 1 is 1.36 bits per heavy atom. The average molecular weight is 321 g/mol. The van der Waals surface area contributed by atoms with Gasteiger partial charge in [-0.05, 0) is 38.1 Å². The summed E-state index contributed by atoms with van der Waals surface area (Å²) >= 11 is 0. The van der Waals surface area contributed by atoms with E-state index in [0.717, 1.165) is 31.7 Å². The molecule has 2 aromatic rings. The van der Waals surface area contributed by atoms with Crippen molar-refractivity contribution in [1.29, 1.82) is 0 Å². The lowest BCUT2D eigenvalue weighted by atomic mass is 10.1. The van der Waals surface area contributed by atoms with Crippen LogP contribution in [0, 0.1) is 5.92 Å². The Morgan fingerprint density at radius 2 is 2.14 bits per heavy atom. The average Bonchev–Trinajstić information content (AvgIpc) is 3.17. The van der Waals surface area contributed by atoms with Crippen molar-refractivity contribution in [3.63, 3.8) is 0 Å². The molecule has 1 aromatic carbocycles. The highest BCUT2D eigenvalue weighted by Crippen LogP contribution is 2.18. The van der Waals surface area contributed by atoms with Gasteiger partial charge in [-0.25, -0.2) is 4.68 Å². The van der Waals surface area contributed by atoms with Crippen LogP contribution in [0.1, 0.15) is 16.8 Å². The zero-order valence-corrected chi connectivity index (χ0v) is 13.4. The van der Waals surface area contributed by atoms with Gasteiger partial charge in [0.1, 0.15) is 0 Å². The SMILES string of the molecule is CNCC1CCN(C(=O)c2cnn(-c3ccccc3)c2)C1.Cl. The van der Waals surface area contributed by atoms with Crippen LogP contribution >= 0.6 is 12.4 Å². The number of aromatic nitrogens is 2. The largest absolute Gasteiger partial charge is 0.338 e. The first kappa shape index (κ1) is 16.5. The molecule has 1 saturated heterocycles. The van der Waals surface area contributed by atoms with Crippen LogP contribution in [-0.2, 0) is 0 Å². The number of halogens is 1. The smallest absolute Gasteiger partial charge is 0.257 e. The summed E-state index contributed by atoms with van der Waals surface area (Å²) in [5, 5.41) is 7.47. The first-order chi connectivity index (χ1) is 10.3. The summed E-state index contributed by atoms with van der Waals surface area (Å²) in [6.45, 7) is 2.63. The summed E-state index contributed by atoms with van der Waals surface area (Å²) in [5.74, 6) is 0.638. The van der Waals surface area contributed by atoms with E-state index in [-0.39, 0.29) is 18.3 Å². The summed E-state index contributed by atoms with van der Waals surface area (Å²) in [6.07, 6.45) is 4.53. The van der Waals surface area contributed by atoms with Crippen molar-refractivity contribution in [2.45, 2.75) is 6.42 Å². The molecule has 1 aromatic heterocycles. The fourth-order valence-corrected chi connectivity index (χ4v) is 2.81. The predicted octanol–water partition coefficient (Wildman–Crippen LogP) is 1.98. The van der Waals surface area contributed by atoms with Crippen LogP contribution in [0.15, 0.2) is 42.7 Å². The minimum absolute atomic E-state index is 0. The molecule has 3 rings (SSSR count). The molecule has 2 heterocycles. The third-order valence-corrected chi connectivity index (χ3v) is 3.92. The van der Waals surface area contributed by atoms with E-state index in [2.05, 4.69) is 10.4 Å². The monoisotopic (exact) mass is 320 g/mol. The number of nitrogens with one attached hydrogen (secondary N) is 1. The van der Waals surface area contributed by atoms with Gasteiger partial charge in [-0.2, -0.15) is 5.10 Å². The fourth-order valence-electron chi connectivity index (χ4n) is 2.81. The summed E-state index contributed by atoms with van der Waals surface area (Å²) in [6, 6.07) is 9.83. The molecule has 5 nitrogen and oxygen atoms in total. The second-order valence-electron chi connectivity index (χ2n) is 5.47. The van der Waals surface area contributed by atoms with Crippen LogP contribution in [-0.4, -0.2) is 47.3 Å². The molecule has 1 atom stereocenters. The number of amides is 1. The van der Waals surface area contributed by atoms with Crippen LogP contribution in [0.2, 0.25) is 0 Å². The molecule has 1 unspecified atom stereocenters. The first-order valence-electron chi connectivity index (χ1n) is 7.32. The van der Waals surface area contributed by atoms with Gasteiger partial charge in [0.2, 0.25) is 0 Å². The van der Waals surface area contributed by atoms with Gasteiger partial charge in [0, 0.05) is 19.3 Å². The van der Waals surface area contributed by atoms with Crippen molar-refractivity contribution in [3.05, 3.63) is 48.3 Å². The number of benzene rings is 1. The normalized spacial score (nSPS) is 17.3. The van der Waals surface area contributed by atoms with E-state index < -0.39 is 0 Å². The molecular weight excluding hydrogens is 300 g/mol. The Morgan fingerprint density at radius 3 is 2.86 bits per heavy atom. The van der Waals surface area contributed by atoms with Crippen LogP contribution in [0.25, 0.3) is 5.69 Å². The van der Waals surface area contributed by atoms with E-state index in [1.807, 2.05) is 48.5 Å². The molecule has 0 saturated carbocycles. The third-order valence-electron chi connectivity index (χ3n) is 3.92. The van der Waals surface area contributed by atoms with Crippen LogP contribution < -0.4 is 5.32 Å². The maximum Gasteiger partial charge on any atom is 0.257 e. The van der Waals surface area contributed by atoms with Gasteiger partial charge in [0.15, 0.2) is 0 Å². The Balaban J connectivity index is 0.00000176. The van der Waals surface area contributed by atoms with Gasteiger partial charge < -0.3 is 10.2 Å². The van der Waals surface area contributed by atoms with E-state index in [4.69, 9.17) is 0 Å². The van der Waals surface area contributed by atoms with Crippen molar-refractivity contribution < 1.29 is 4.79 Å². The summed E-state index contributed by atoms with van der Waals surface area (Å²) in [7, 11) is 1.95. The molecule has 0 radical (unpaired) electrons. The molecule has 1 fully saturated rings. The zero-order valence-electron chi connectivity index (χ0n) is 12.6. The highest BCUT2D eigenvalue weighted by atomic mass is 35.5. The fraction of sp³-hybridized carbons (Fsp3) is 0.375. The lowest BCUT2D eigenvalue weighted by molar-refractivity contribution is 0.0787. The quantitative estimate of drug-likeness (QED) is 0.937. The minimum Gasteiger partial charge on any atom is -0.338 e. The maximum absolute atomic E-state index is 12.5. The van der Waals surface area contributed by atoms with E-state index >= 15 is 0 Å². The van der Waals surface area contributed by atoms with Crippen molar-refractivity contribution >= 4 is 18.3 Å². The molecular formula is C16H21ClN4O. The lowest BCUT2D eigenvalue weighted by Gasteiger charge is -2.15. The summed E-state index contributed by atoms with van der Waals surface area (Å²) in [4.78, 5) is 14.4. The number of nitrogens with zero attached hydrogens (tertiary/aromatic N) is 3. The molecule has 22 heavy (non-hydrogen) atoms. The lowest BCUT2D eigenvalue weighted by Crippen LogP contribution is -2.30. The van der Waals surface area contributed by atoms with Gasteiger partial charge in [-0.3, -0.25) is 4.79 Å². The van der Waals surface area contributed by atoms with Gasteiger partial charge in [0.05, 0.1) is 17.4 Å². The molecule has 0 spiro atoms. The molecule has 0 bridgehead atoms. The van der Waals surface area contributed by atoms with E-state index in [1.54, 1.807) is 10.9 Å². The number of para-hydroxylation sites is 1. The van der Waals surface area contributed by atoms with Crippen LogP contribution in [0.3, 0.4) is 0 Å². The van der Waals surface area contributed by atoms with Crippen molar-refractivity contribution in [3.8, 4) is 5.69 Å². The topological polar surface area (TPSA) is 50.2 Å². The zero-order chi connectivity index (χ0) is 14.7. The number of likely N-dealkylation sites (tertiary alicyclic amines) is 1. The van der Waals surface area contributed by atoms with E-state index in [9.17, 15) is 4.79 Å². The minimum atomic E-state index is 0. The maximum atomic E-state index is 12.5. The number of rotatable bonds is 4. The Hall–Kier alpha value is -1.85. The van der Waals surface area contributed by atoms with Gasteiger partial charge in [0.25, 0.3) is 5.91 Å². The standard InChI is InChI=1S/C16H20N4O.ClH/c1-17-9-13-7-8-19(11-13)16(21)14-10-18-20(12-14)15-5-3-2-4-6-15;/h2-6,10,12-13,17H,7-9,11H2,1H3;1H. The highest BCUT2D eigenvalue weighted by Gasteiger charge is 2.27. The molecule has 0 aliphatic carbocycles. The van der Waals surface area contributed by atoms with Crippen molar-refractivity contribution in [1.82, 2.24) is 20.0 Å². The molecule has 1 amide bonds. The highest BCUT2D eigenvalue weighted by molar-refractivity contribution is 5.94. The number of carbonyl (C=O) groups is 1. The molecule has 1 N–H and O–H groups in total.